The monoisotopic (exact) mass is 359 g/mol. The second-order valence-electron chi connectivity index (χ2n) is 6.03. The lowest BCUT2D eigenvalue weighted by atomic mass is 10.2. The topological polar surface area (TPSA) is 56.8 Å². The fourth-order valence-corrected chi connectivity index (χ4v) is 2.63. The van der Waals surface area contributed by atoms with Crippen LogP contribution in [0.5, 0.6) is 11.5 Å². The van der Waals surface area contributed by atoms with E-state index in [-0.39, 0.29) is 17.8 Å². The summed E-state index contributed by atoms with van der Waals surface area (Å²) >= 11 is 0. The maximum absolute atomic E-state index is 12.8. The zero-order valence-corrected chi connectivity index (χ0v) is 14.4. The quantitative estimate of drug-likeness (QED) is 0.736. The Labute approximate surface area is 152 Å². The normalized spacial score (nSPS) is 16.3. The first-order valence-corrected chi connectivity index (χ1v) is 8.72. The molecule has 1 fully saturated rings. The van der Waals surface area contributed by atoms with Gasteiger partial charge in [-0.1, -0.05) is 0 Å². The number of carbonyl (C=O) groups excluding carboxylic acids is 1. The Kier molecular flexibility index (Phi) is 6.44. The molecule has 1 unspecified atom stereocenters. The molecule has 1 saturated heterocycles. The third kappa shape index (κ3) is 5.46. The zero-order valence-electron chi connectivity index (χ0n) is 14.4. The van der Waals surface area contributed by atoms with Gasteiger partial charge in [0, 0.05) is 12.2 Å². The molecule has 6 heteroatoms. The molecule has 0 saturated carbocycles. The molecule has 0 aliphatic carbocycles. The van der Waals surface area contributed by atoms with Gasteiger partial charge in [0.15, 0.2) is 0 Å². The molecule has 1 aliphatic rings. The fourth-order valence-electron chi connectivity index (χ4n) is 2.63. The van der Waals surface area contributed by atoms with Gasteiger partial charge in [0.25, 0.3) is 5.91 Å². The predicted octanol–water partition coefficient (Wildman–Crippen LogP) is 3.19. The lowest BCUT2D eigenvalue weighted by molar-refractivity contribution is 0.0679. The first-order valence-electron chi connectivity index (χ1n) is 8.72. The smallest absolute Gasteiger partial charge is 0.251 e. The van der Waals surface area contributed by atoms with E-state index < -0.39 is 0 Å². The van der Waals surface area contributed by atoms with Gasteiger partial charge in [0.1, 0.15) is 30.5 Å². The highest BCUT2D eigenvalue weighted by molar-refractivity contribution is 5.94. The van der Waals surface area contributed by atoms with Crippen molar-refractivity contribution in [3.63, 3.8) is 0 Å². The van der Waals surface area contributed by atoms with Crippen LogP contribution in [0.4, 0.5) is 4.39 Å². The van der Waals surface area contributed by atoms with Crippen molar-refractivity contribution >= 4 is 5.91 Å². The number of benzene rings is 2. The van der Waals surface area contributed by atoms with Gasteiger partial charge in [0.2, 0.25) is 0 Å². The number of hydrogen-bond donors (Lipinski definition) is 1. The number of nitrogens with one attached hydrogen (secondary N) is 1. The molecule has 0 aromatic heterocycles. The third-order valence-corrected chi connectivity index (χ3v) is 4.05. The molecular weight excluding hydrogens is 337 g/mol. The molecule has 0 bridgehead atoms. The van der Waals surface area contributed by atoms with Gasteiger partial charge in [-0.25, -0.2) is 4.39 Å². The summed E-state index contributed by atoms with van der Waals surface area (Å²) in [6.07, 6.45) is 2.28. The molecule has 0 radical (unpaired) electrons. The number of rotatable bonds is 8. The number of hydrogen-bond acceptors (Lipinski definition) is 4. The van der Waals surface area contributed by atoms with Crippen LogP contribution >= 0.6 is 0 Å². The Balaban J connectivity index is 1.37. The summed E-state index contributed by atoms with van der Waals surface area (Å²) in [4.78, 5) is 12.1. The van der Waals surface area contributed by atoms with Crippen molar-refractivity contribution in [2.45, 2.75) is 18.9 Å². The van der Waals surface area contributed by atoms with Crippen LogP contribution < -0.4 is 14.8 Å². The molecule has 5 nitrogen and oxygen atoms in total. The molecule has 138 valence electrons. The second-order valence-corrected chi connectivity index (χ2v) is 6.03. The summed E-state index contributed by atoms with van der Waals surface area (Å²) in [5.41, 5.74) is 0.552. The Morgan fingerprint density at radius 2 is 1.77 bits per heavy atom. The van der Waals surface area contributed by atoms with Crippen molar-refractivity contribution in [2.24, 2.45) is 0 Å². The van der Waals surface area contributed by atoms with E-state index in [4.69, 9.17) is 14.2 Å². The highest BCUT2D eigenvalue weighted by Gasteiger charge is 2.16. The van der Waals surface area contributed by atoms with E-state index in [2.05, 4.69) is 5.32 Å². The van der Waals surface area contributed by atoms with Crippen molar-refractivity contribution in [1.29, 1.82) is 0 Å². The van der Waals surface area contributed by atoms with E-state index in [9.17, 15) is 9.18 Å². The summed E-state index contributed by atoms with van der Waals surface area (Å²) in [5.74, 6) is 0.789. The van der Waals surface area contributed by atoms with Crippen LogP contribution in [0, 0.1) is 5.82 Å². The van der Waals surface area contributed by atoms with Crippen LogP contribution in [0.15, 0.2) is 48.5 Å². The summed E-state index contributed by atoms with van der Waals surface area (Å²) in [6.45, 7) is 2.00. The van der Waals surface area contributed by atoms with E-state index in [1.54, 1.807) is 36.4 Å². The number of carbonyl (C=O) groups is 1. The van der Waals surface area contributed by atoms with Crippen LogP contribution in [-0.2, 0) is 4.74 Å². The minimum atomic E-state index is -0.311. The SMILES string of the molecule is O=C(NCCOc1ccc(F)cc1)c1ccc(OCC2CCCO2)cc1. The van der Waals surface area contributed by atoms with Gasteiger partial charge in [-0.05, 0) is 61.4 Å². The highest BCUT2D eigenvalue weighted by Crippen LogP contribution is 2.16. The molecule has 26 heavy (non-hydrogen) atoms. The maximum atomic E-state index is 12.8. The Hall–Kier alpha value is -2.60. The largest absolute Gasteiger partial charge is 0.492 e. The number of amides is 1. The van der Waals surface area contributed by atoms with Crippen LogP contribution in [-0.4, -0.2) is 38.4 Å². The maximum Gasteiger partial charge on any atom is 0.251 e. The van der Waals surface area contributed by atoms with E-state index in [0.717, 1.165) is 25.2 Å². The van der Waals surface area contributed by atoms with Gasteiger partial charge in [-0.2, -0.15) is 0 Å². The van der Waals surface area contributed by atoms with Gasteiger partial charge in [0.05, 0.1) is 12.6 Å². The van der Waals surface area contributed by atoms with Crippen LogP contribution in [0.3, 0.4) is 0 Å². The molecule has 1 atom stereocenters. The number of ether oxygens (including phenoxy) is 3. The van der Waals surface area contributed by atoms with E-state index in [0.29, 0.717) is 31.1 Å². The molecule has 1 amide bonds. The van der Waals surface area contributed by atoms with Gasteiger partial charge < -0.3 is 19.5 Å². The van der Waals surface area contributed by atoms with Crippen LogP contribution in [0.25, 0.3) is 0 Å². The molecule has 1 N–H and O–H groups in total. The minimum absolute atomic E-state index is 0.166. The molecule has 2 aromatic rings. The minimum Gasteiger partial charge on any atom is -0.492 e. The lowest BCUT2D eigenvalue weighted by Gasteiger charge is -2.12. The summed E-state index contributed by atoms with van der Waals surface area (Å²) < 4.78 is 29.4. The standard InChI is InChI=1S/C20H22FNO4/c21-16-5-9-17(10-6-16)25-13-11-22-20(23)15-3-7-18(8-4-15)26-14-19-2-1-12-24-19/h3-10,19H,1-2,11-14H2,(H,22,23). The van der Waals surface area contributed by atoms with E-state index >= 15 is 0 Å². The van der Waals surface area contributed by atoms with Crippen LogP contribution in [0.2, 0.25) is 0 Å². The fraction of sp³-hybridized carbons (Fsp3) is 0.350. The van der Waals surface area contributed by atoms with Gasteiger partial charge in [-0.15, -0.1) is 0 Å². The Morgan fingerprint density at radius 1 is 1.08 bits per heavy atom. The van der Waals surface area contributed by atoms with Crippen LogP contribution in [0.1, 0.15) is 23.2 Å². The second kappa shape index (κ2) is 9.20. The molecule has 3 rings (SSSR count). The van der Waals surface area contributed by atoms with E-state index in [1.165, 1.54) is 12.1 Å². The molecule has 1 aliphatic heterocycles. The van der Waals surface area contributed by atoms with Gasteiger partial charge >= 0.3 is 0 Å². The average molecular weight is 359 g/mol. The van der Waals surface area contributed by atoms with Crippen molar-refractivity contribution in [3.8, 4) is 11.5 Å². The summed E-state index contributed by atoms with van der Waals surface area (Å²) in [7, 11) is 0. The molecule has 1 heterocycles. The first kappa shape index (κ1) is 18.2. The zero-order chi connectivity index (χ0) is 18.2. The Bertz CT molecular complexity index is 697. The predicted molar refractivity (Wildman–Crippen MR) is 95.1 cm³/mol. The summed E-state index contributed by atoms with van der Waals surface area (Å²) in [6, 6.07) is 12.8. The van der Waals surface area contributed by atoms with Crippen molar-refractivity contribution in [1.82, 2.24) is 5.32 Å². The van der Waals surface area contributed by atoms with Crippen molar-refractivity contribution in [3.05, 3.63) is 59.9 Å². The molecular formula is C20H22FNO4. The first-order chi connectivity index (χ1) is 12.7. The van der Waals surface area contributed by atoms with Crippen molar-refractivity contribution < 1.29 is 23.4 Å². The lowest BCUT2D eigenvalue weighted by Crippen LogP contribution is -2.28. The van der Waals surface area contributed by atoms with Crippen molar-refractivity contribution in [2.75, 3.05) is 26.4 Å². The Morgan fingerprint density at radius 3 is 2.46 bits per heavy atom. The summed E-state index contributed by atoms with van der Waals surface area (Å²) in [5, 5.41) is 2.78. The molecule has 0 spiro atoms. The number of halogens is 1. The third-order valence-electron chi connectivity index (χ3n) is 4.05. The average Bonchev–Trinajstić information content (AvgIpc) is 3.19. The molecule has 2 aromatic carbocycles. The van der Waals surface area contributed by atoms with E-state index in [1.807, 2.05) is 0 Å². The van der Waals surface area contributed by atoms with Gasteiger partial charge in [-0.3, -0.25) is 4.79 Å². The highest BCUT2D eigenvalue weighted by atomic mass is 19.1.